The van der Waals surface area contributed by atoms with Crippen molar-refractivity contribution in [3.8, 4) is 0 Å². The van der Waals surface area contributed by atoms with Gasteiger partial charge in [0, 0.05) is 31.2 Å². The first-order valence-corrected chi connectivity index (χ1v) is 7.85. The van der Waals surface area contributed by atoms with Gasteiger partial charge in [0.05, 0.1) is 0 Å². The van der Waals surface area contributed by atoms with Crippen molar-refractivity contribution in [2.24, 2.45) is 11.7 Å². The maximum Gasteiger partial charge on any atom is 0.220 e. The standard InChI is InChI=1S/C16H26N4O/c1-3-8-18-12(2)14-4-5-15(19-11-14)20-9-6-13(7-10-20)16(17)21/h4-5,11-13,18H,3,6-10H2,1-2H3,(H2,17,21). The van der Waals surface area contributed by atoms with Crippen LogP contribution in [0.3, 0.4) is 0 Å². The smallest absolute Gasteiger partial charge is 0.220 e. The lowest BCUT2D eigenvalue weighted by Crippen LogP contribution is -2.38. The summed E-state index contributed by atoms with van der Waals surface area (Å²) in [5.74, 6) is 0.844. The summed E-state index contributed by atoms with van der Waals surface area (Å²) in [6.45, 7) is 7.04. The molecule has 2 heterocycles. The minimum atomic E-state index is -0.172. The van der Waals surface area contributed by atoms with E-state index in [-0.39, 0.29) is 11.8 Å². The molecule has 0 bridgehead atoms. The monoisotopic (exact) mass is 290 g/mol. The second-order valence-electron chi connectivity index (χ2n) is 5.79. The third-order valence-corrected chi connectivity index (χ3v) is 4.19. The number of rotatable bonds is 6. The Morgan fingerprint density at radius 1 is 1.48 bits per heavy atom. The number of primary amides is 1. The number of pyridine rings is 1. The summed E-state index contributed by atoms with van der Waals surface area (Å²) < 4.78 is 0. The maximum atomic E-state index is 11.2. The Balaban J connectivity index is 1.92. The number of carbonyl (C=O) groups is 1. The van der Waals surface area contributed by atoms with Crippen molar-refractivity contribution in [2.45, 2.75) is 39.2 Å². The van der Waals surface area contributed by atoms with Gasteiger partial charge >= 0.3 is 0 Å². The van der Waals surface area contributed by atoms with Gasteiger partial charge in [0.1, 0.15) is 5.82 Å². The van der Waals surface area contributed by atoms with E-state index in [9.17, 15) is 4.79 Å². The predicted molar refractivity (Wildman–Crippen MR) is 85.1 cm³/mol. The molecule has 2 rings (SSSR count). The molecule has 5 nitrogen and oxygen atoms in total. The molecule has 0 aliphatic carbocycles. The number of hydrogen-bond donors (Lipinski definition) is 2. The molecule has 1 amide bonds. The average Bonchev–Trinajstić information content (AvgIpc) is 2.53. The second kappa shape index (κ2) is 7.41. The van der Waals surface area contributed by atoms with Crippen LogP contribution in [0.2, 0.25) is 0 Å². The fourth-order valence-corrected chi connectivity index (χ4v) is 2.71. The van der Waals surface area contributed by atoms with Crippen molar-refractivity contribution >= 4 is 11.7 Å². The molecular weight excluding hydrogens is 264 g/mol. The van der Waals surface area contributed by atoms with Gasteiger partial charge in [-0.15, -0.1) is 0 Å². The first kappa shape index (κ1) is 15.8. The van der Waals surface area contributed by atoms with E-state index in [2.05, 4.69) is 41.2 Å². The lowest BCUT2D eigenvalue weighted by molar-refractivity contribution is -0.122. The predicted octanol–water partition coefficient (Wildman–Crippen LogP) is 1.84. The quantitative estimate of drug-likeness (QED) is 0.838. The molecule has 0 saturated carbocycles. The van der Waals surface area contributed by atoms with Crippen LogP contribution in [0, 0.1) is 5.92 Å². The van der Waals surface area contributed by atoms with E-state index in [1.807, 2.05) is 6.20 Å². The maximum absolute atomic E-state index is 11.2. The van der Waals surface area contributed by atoms with E-state index in [0.717, 1.165) is 44.7 Å². The van der Waals surface area contributed by atoms with Crippen LogP contribution in [0.15, 0.2) is 18.3 Å². The summed E-state index contributed by atoms with van der Waals surface area (Å²) in [5, 5.41) is 3.46. The van der Waals surface area contributed by atoms with Crippen molar-refractivity contribution in [3.05, 3.63) is 23.9 Å². The number of nitrogens with zero attached hydrogens (tertiary/aromatic N) is 2. The van der Waals surface area contributed by atoms with Crippen LogP contribution in [-0.4, -0.2) is 30.5 Å². The summed E-state index contributed by atoms with van der Waals surface area (Å²) in [6, 6.07) is 4.53. The molecule has 1 atom stereocenters. The van der Waals surface area contributed by atoms with Gasteiger partial charge in [0.25, 0.3) is 0 Å². The van der Waals surface area contributed by atoms with Gasteiger partial charge in [-0.05, 0) is 44.4 Å². The van der Waals surface area contributed by atoms with E-state index >= 15 is 0 Å². The van der Waals surface area contributed by atoms with Gasteiger partial charge < -0.3 is 16.0 Å². The summed E-state index contributed by atoms with van der Waals surface area (Å²) in [5.41, 5.74) is 6.57. The zero-order chi connectivity index (χ0) is 15.2. The van der Waals surface area contributed by atoms with Crippen LogP contribution in [0.1, 0.15) is 44.7 Å². The molecule has 0 spiro atoms. The molecule has 0 aromatic carbocycles. The lowest BCUT2D eigenvalue weighted by atomic mass is 9.96. The summed E-state index contributed by atoms with van der Waals surface area (Å²) in [7, 11) is 0. The Hall–Kier alpha value is -1.62. The summed E-state index contributed by atoms with van der Waals surface area (Å²) in [4.78, 5) is 18.0. The number of carbonyl (C=O) groups excluding carboxylic acids is 1. The second-order valence-corrected chi connectivity index (χ2v) is 5.79. The molecular formula is C16H26N4O. The first-order valence-electron chi connectivity index (χ1n) is 7.85. The highest BCUT2D eigenvalue weighted by molar-refractivity contribution is 5.76. The molecule has 21 heavy (non-hydrogen) atoms. The first-order chi connectivity index (χ1) is 10.1. The zero-order valence-corrected chi connectivity index (χ0v) is 13.0. The van der Waals surface area contributed by atoms with Gasteiger partial charge in [-0.1, -0.05) is 13.0 Å². The van der Waals surface area contributed by atoms with Crippen LogP contribution < -0.4 is 16.0 Å². The highest BCUT2D eigenvalue weighted by atomic mass is 16.1. The number of anilines is 1. The Kier molecular flexibility index (Phi) is 5.56. The van der Waals surface area contributed by atoms with Gasteiger partial charge in [-0.2, -0.15) is 0 Å². The molecule has 1 saturated heterocycles. The number of nitrogens with one attached hydrogen (secondary N) is 1. The van der Waals surface area contributed by atoms with Crippen LogP contribution in [-0.2, 0) is 4.79 Å². The van der Waals surface area contributed by atoms with Crippen molar-refractivity contribution in [3.63, 3.8) is 0 Å². The molecule has 1 fully saturated rings. The van der Waals surface area contributed by atoms with Crippen LogP contribution >= 0.6 is 0 Å². The number of hydrogen-bond acceptors (Lipinski definition) is 4. The van der Waals surface area contributed by atoms with Crippen LogP contribution in [0.25, 0.3) is 0 Å². The Labute approximate surface area is 126 Å². The molecule has 116 valence electrons. The lowest BCUT2D eigenvalue weighted by Gasteiger charge is -2.31. The van der Waals surface area contributed by atoms with Crippen molar-refractivity contribution in [1.29, 1.82) is 0 Å². The average molecular weight is 290 g/mol. The minimum Gasteiger partial charge on any atom is -0.369 e. The van der Waals surface area contributed by atoms with Crippen LogP contribution in [0.4, 0.5) is 5.82 Å². The summed E-state index contributed by atoms with van der Waals surface area (Å²) in [6.07, 6.45) is 4.73. The SMILES string of the molecule is CCCNC(C)c1ccc(N2CCC(C(N)=O)CC2)nc1. The Morgan fingerprint density at radius 3 is 2.71 bits per heavy atom. The van der Waals surface area contributed by atoms with E-state index < -0.39 is 0 Å². The van der Waals surface area contributed by atoms with Gasteiger partial charge in [-0.25, -0.2) is 4.98 Å². The molecule has 1 aromatic rings. The number of amides is 1. The summed E-state index contributed by atoms with van der Waals surface area (Å²) >= 11 is 0. The fourth-order valence-electron chi connectivity index (χ4n) is 2.71. The molecule has 1 aliphatic rings. The van der Waals surface area contributed by atoms with Crippen molar-refractivity contribution in [2.75, 3.05) is 24.5 Å². The van der Waals surface area contributed by atoms with Gasteiger partial charge in [-0.3, -0.25) is 4.79 Å². The minimum absolute atomic E-state index is 0.0267. The number of aromatic nitrogens is 1. The Bertz CT molecular complexity index is 452. The molecule has 1 aromatic heterocycles. The highest BCUT2D eigenvalue weighted by Crippen LogP contribution is 2.22. The number of piperidine rings is 1. The third-order valence-electron chi connectivity index (χ3n) is 4.19. The van der Waals surface area contributed by atoms with Crippen molar-refractivity contribution in [1.82, 2.24) is 10.3 Å². The van der Waals surface area contributed by atoms with E-state index in [4.69, 9.17) is 5.73 Å². The highest BCUT2D eigenvalue weighted by Gasteiger charge is 2.23. The fraction of sp³-hybridized carbons (Fsp3) is 0.625. The van der Waals surface area contributed by atoms with E-state index in [1.165, 1.54) is 5.56 Å². The number of nitrogens with two attached hydrogens (primary N) is 1. The van der Waals surface area contributed by atoms with Crippen molar-refractivity contribution < 1.29 is 4.79 Å². The zero-order valence-electron chi connectivity index (χ0n) is 13.0. The van der Waals surface area contributed by atoms with Crippen LogP contribution in [0.5, 0.6) is 0 Å². The normalized spacial score (nSPS) is 17.7. The van der Waals surface area contributed by atoms with E-state index in [0.29, 0.717) is 6.04 Å². The third kappa shape index (κ3) is 4.17. The largest absolute Gasteiger partial charge is 0.369 e. The molecule has 5 heteroatoms. The Morgan fingerprint density at radius 2 is 2.19 bits per heavy atom. The molecule has 1 unspecified atom stereocenters. The van der Waals surface area contributed by atoms with E-state index in [1.54, 1.807) is 0 Å². The van der Waals surface area contributed by atoms with Gasteiger partial charge in [0.2, 0.25) is 5.91 Å². The molecule has 0 radical (unpaired) electrons. The molecule has 1 aliphatic heterocycles. The topological polar surface area (TPSA) is 71.2 Å². The van der Waals surface area contributed by atoms with Gasteiger partial charge in [0.15, 0.2) is 0 Å². The molecule has 3 N–H and O–H groups in total.